The van der Waals surface area contributed by atoms with Crippen molar-refractivity contribution in [2.75, 3.05) is 17.7 Å². The number of benzene rings is 1. The first kappa shape index (κ1) is 13.5. The molecule has 2 N–H and O–H groups in total. The molecule has 1 heterocycles. The van der Waals surface area contributed by atoms with Crippen LogP contribution in [0.3, 0.4) is 0 Å². The number of carbonyl (C=O) groups excluding carboxylic acids is 1. The van der Waals surface area contributed by atoms with Crippen LogP contribution < -0.4 is 10.6 Å². The Bertz CT molecular complexity index is 643. The molecule has 0 radical (unpaired) electrons. The minimum absolute atomic E-state index is 0.0208. The van der Waals surface area contributed by atoms with Gasteiger partial charge in [-0.15, -0.1) is 0 Å². The molecule has 0 bridgehead atoms. The smallest absolute Gasteiger partial charge is 0.282 e. The van der Waals surface area contributed by atoms with Gasteiger partial charge >= 0.3 is 0 Å². The van der Waals surface area contributed by atoms with Gasteiger partial charge < -0.3 is 10.6 Å². The second kappa shape index (κ2) is 5.79. The fourth-order valence-electron chi connectivity index (χ4n) is 1.65. The molecule has 0 aliphatic heterocycles. The molecule has 1 amide bonds. The Labute approximate surface area is 114 Å². The monoisotopic (exact) mass is 272 g/mol. The second-order valence-electron chi connectivity index (χ2n) is 3.91. The summed E-state index contributed by atoms with van der Waals surface area (Å²) in [4.78, 5) is 26.4. The van der Waals surface area contributed by atoms with Gasteiger partial charge in [0, 0.05) is 25.0 Å². The first-order valence-electron chi connectivity index (χ1n) is 5.80. The molecular weight excluding hydrogens is 260 g/mol. The third kappa shape index (κ3) is 2.89. The molecule has 0 aliphatic rings. The number of anilines is 2. The van der Waals surface area contributed by atoms with Crippen molar-refractivity contribution in [2.24, 2.45) is 0 Å². The topological polar surface area (TPSA) is 97.2 Å². The van der Waals surface area contributed by atoms with E-state index in [-0.39, 0.29) is 11.3 Å². The van der Waals surface area contributed by atoms with Crippen LogP contribution in [-0.4, -0.2) is 22.9 Å². The van der Waals surface area contributed by atoms with Crippen LogP contribution in [0.25, 0.3) is 0 Å². The van der Waals surface area contributed by atoms with Crippen molar-refractivity contribution in [1.29, 1.82) is 0 Å². The van der Waals surface area contributed by atoms with Crippen molar-refractivity contribution in [1.82, 2.24) is 4.98 Å². The maximum atomic E-state index is 12.1. The van der Waals surface area contributed by atoms with Crippen LogP contribution in [0.1, 0.15) is 10.4 Å². The average Bonchev–Trinajstić information content (AvgIpc) is 2.47. The molecule has 2 aromatic rings. The van der Waals surface area contributed by atoms with Crippen molar-refractivity contribution in [3.8, 4) is 0 Å². The number of carbonyl (C=O) groups is 1. The van der Waals surface area contributed by atoms with Gasteiger partial charge in [-0.1, -0.05) is 6.07 Å². The summed E-state index contributed by atoms with van der Waals surface area (Å²) in [6.07, 6.45) is 1.52. The second-order valence-corrected chi connectivity index (χ2v) is 3.91. The molecule has 0 saturated carbocycles. The van der Waals surface area contributed by atoms with Crippen LogP contribution in [0.4, 0.5) is 17.2 Å². The van der Waals surface area contributed by atoms with E-state index in [2.05, 4.69) is 15.6 Å². The lowest BCUT2D eigenvalue weighted by atomic mass is 10.1. The van der Waals surface area contributed by atoms with Gasteiger partial charge in [-0.2, -0.15) is 0 Å². The van der Waals surface area contributed by atoms with Crippen molar-refractivity contribution >= 4 is 23.1 Å². The molecule has 1 aromatic carbocycles. The van der Waals surface area contributed by atoms with Gasteiger partial charge in [0.2, 0.25) is 0 Å². The first-order valence-corrected chi connectivity index (χ1v) is 5.80. The molecule has 0 unspecified atom stereocenters. The molecule has 0 saturated heterocycles. The van der Waals surface area contributed by atoms with E-state index >= 15 is 0 Å². The normalized spacial score (nSPS) is 9.85. The van der Waals surface area contributed by atoms with Gasteiger partial charge in [0.05, 0.1) is 4.92 Å². The Hall–Kier alpha value is -2.96. The summed E-state index contributed by atoms with van der Waals surface area (Å²) in [7, 11) is 1.67. The van der Waals surface area contributed by atoms with Crippen molar-refractivity contribution in [3.63, 3.8) is 0 Å². The zero-order valence-corrected chi connectivity index (χ0v) is 10.7. The summed E-state index contributed by atoms with van der Waals surface area (Å²) >= 11 is 0. The van der Waals surface area contributed by atoms with Gasteiger partial charge in [-0.3, -0.25) is 14.9 Å². The number of rotatable bonds is 4. The van der Waals surface area contributed by atoms with E-state index in [0.717, 1.165) is 0 Å². The highest BCUT2D eigenvalue weighted by Gasteiger charge is 2.20. The summed E-state index contributed by atoms with van der Waals surface area (Å²) in [5, 5.41) is 16.3. The number of amides is 1. The lowest BCUT2D eigenvalue weighted by Crippen LogP contribution is -2.15. The fourth-order valence-corrected chi connectivity index (χ4v) is 1.65. The predicted octanol–water partition coefficient (Wildman–Crippen LogP) is 2.28. The Morgan fingerprint density at radius 2 is 2.10 bits per heavy atom. The summed E-state index contributed by atoms with van der Waals surface area (Å²) in [6.45, 7) is 0. The average molecular weight is 272 g/mol. The van der Waals surface area contributed by atoms with Crippen LogP contribution in [0.5, 0.6) is 0 Å². The minimum Gasteiger partial charge on any atom is -0.388 e. The molecule has 1 aromatic heterocycles. The Balaban J connectivity index is 2.35. The van der Waals surface area contributed by atoms with Crippen molar-refractivity contribution in [2.45, 2.75) is 0 Å². The third-order valence-corrected chi connectivity index (χ3v) is 2.63. The highest BCUT2D eigenvalue weighted by molar-refractivity contribution is 6.07. The van der Waals surface area contributed by atoms with E-state index in [1.165, 1.54) is 24.4 Å². The lowest BCUT2D eigenvalue weighted by molar-refractivity contribution is -0.385. The van der Waals surface area contributed by atoms with E-state index < -0.39 is 10.8 Å². The van der Waals surface area contributed by atoms with E-state index in [1.807, 2.05) is 0 Å². The molecule has 7 nitrogen and oxygen atoms in total. The number of hydrogen-bond acceptors (Lipinski definition) is 5. The zero-order valence-electron chi connectivity index (χ0n) is 10.7. The van der Waals surface area contributed by atoms with E-state index in [0.29, 0.717) is 11.5 Å². The Morgan fingerprint density at radius 1 is 1.30 bits per heavy atom. The first-order chi connectivity index (χ1) is 9.61. The highest BCUT2D eigenvalue weighted by Crippen LogP contribution is 2.23. The number of hydrogen-bond donors (Lipinski definition) is 2. The van der Waals surface area contributed by atoms with Gasteiger partial charge in [0.1, 0.15) is 11.4 Å². The lowest BCUT2D eigenvalue weighted by Gasteiger charge is -2.07. The van der Waals surface area contributed by atoms with Crippen LogP contribution in [0.15, 0.2) is 42.6 Å². The molecular formula is C13H12N4O3. The van der Waals surface area contributed by atoms with Crippen LogP contribution in [-0.2, 0) is 0 Å². The van der Waals surface area contributed by atoms with Crippen molar-refractivity contribution in [3.05, 3.63) is 58.3 Å². The van der Waals surface area contributed by atoms with Gasteiger partial charge in [-0.25, -0.2) is 4.98 Å². The minimum atomic E-state index is -0.591. The van der Waals surface area contributed by atoms with Gasteiger partial charge in [0.25, 0.3) is 11.6 Å². The largest absolute Gasteiger partial charge is 0.388 e. The summed E-state index contributed by atoms with van der Waals surface area (Å²) in [5.74, 6) is -0.242. The number of pyridine rings is 1. The maximum Gasteiger partial charge on any atom is 0.282 e. The van der Waals surface area contributed by atoms with Crippen LogP contribution in [0.2, 0.25) is 0 Å². The third-order valence-electron chi connectivity index (χ3n) is 2.63. The SMILES string of the molecule is CNc1ccc([N+](=O)[O-])c(C(=O)Nc2ccccn2)c1. The fraction of sp³-hybridized carbons (Fsp3) is 0.0769. The van der Waals surface area contributed by atoms with E-state index in [9.17, 15) is 14.9 Å². The highest BCUT2D eigenvalue weighted by atomic mass is 16.6. The molecule has 0 fully saturated rings. The molecule has 7 heteroatoms. The number of nitrogens with one attached hydrogen (secondary N) is 2. The van der Waals surface area contributed by atoms with Crippen LogP contribution in [0, 0.1) is 10.1 Å². The van der Waals surface area contributed by atoms with Gasteiger partial charge in [-0.05, 0) is 24.3 Å². The number of aromatic nitrogens is 1. The number of nitro benzene ring substituents is 1. The molecule has 0 atom stereocenters. The number of nitrogens with zero attached hydrogens (tertiary/aromatic N) is 2. The van der Waals surface area contributed by atoms with Gasteiger partial charge in [0.15, 0.2) is 0 Å². The molecule has 0 aliphatic carbocycles. The van der Waals surface area contributed by atoms with E-state index in [1.54, 1.807) is 25.2 Å². The zero-order chi connectivity index (χ0) is 14.5. The summed E-state index contributed by atoms with van der Waals surface area (Å²) in [5.41, 5.74) is 0.340. The molecule has 20 heavy (non-hydrogen) atoms. The predicted molar refractivity (Wildman–Crippen MR) is 74.8 cm³/mol. The summed E-state index contributed by atoms with van der Waals surface area (Å²) < 4.78 is 0. The quantitative estimate of drug-likeness (QED) is 0.657. The van der Waals surface area contributed by atoms with Crippen molar-refractivity contribution < 1.29 is 9.72 Å². The summed E-state index contributed by atoms with van der Waals surface area (Å²) in [6, 6.07) is 9.28. The Kier molecular flexibility index (Phi) is 3.90. The number of nitro groups is 1. The Morgan fingerprint density at radius 3 is 2.70 bits per heavy atom. The van der Waals surface area contributed by atoms with Crippen LogP contribution >= 0.6 is 0 Å². The maximum absolute atomic E-state index is 12.1. The standard InChI is InChI=1S/C13H12N4O3/c1-14-9-5-6-11(17(19)20)10(8-9)13(18)16-12-4-2-3-7-15-12/h2-8,14H,1H3,(H,15,16,18). The molecule has 102 valence electrons. The molecule has 2 rings (SSSR count). The van der Waals surface area contributed by atoms with E-state index in [4.69, 9.17) is 0 Å². The molecule has 0 spiro atoms.